The number of rotatable bonds is 6. The predicted octanol–water partition coefficient (Wildman–Crippen LogP) is 1.48. The summed E-state index contributed by atoms with van der Waals surface area (Å²) in [4.78, 5) is 4.33. The third kappa shape index (κ3) is 3.63. The van der Waals surface area contributed by atoms with Gasteiger partial charge in [-0.05, 0) is 18.9 Å². The van der Waals surface area contributed by atoms with Crippen LogP contribution in [0.2, 0.25) is 0 Å². The monoisotopic (exact) mass is 210 g/mol. The van der Waals surface area contributed by atoms with E-state index in [0.717, 1.165) is 31.8 Å². The van der Waals surface area contributed by atoms with E-state index in [9.17, 15) is 0 Å². The first-order chi connectivity index (χ1) is 7.09. The molecule has 4 nitrogen and oxygen atoms in total. The quantitative estimate of drug-likeness (QED) is 0.773. The number of hydrogen-bond acceptors (Lipinski definition) is 3. The van der Waals surface area contributed by atoms with Crippen molar-refractivity contribution in [2.45, 2.75) is 40.2 Å². The highest BCUT2D eigenvalue weighted by Gasteiger charge is 2.20. The van der Waals surface area contributed by atoms with Crippen molar-refractivity contribution in [3.8, 4) is 0 Å². The molecular formula is C11H22N4. The fourth-order valence-corrected chi connectivity index (χ4v) is 1.79. The van der Waals surface area contributed by atoms with E-state index in [2.05, 4.69) is 36.2 Å². The Hall–Kier alpha value is -0.900. The molecule has 0 saturated carbocycles. The second-order valence-corrected chi connectivity index (χ2v) is 4.77. The lowest BCUT2D eigenvalue weighted by atomic mass is 9.89. The summed E-state index contributed by atoms with van der Waals surface area (Å²) < 4.78 is 2.01. The van der Waals surface area contributed by atoms with Crippen LogP contribution in [0.1, 0.15) is 33.0 Å². The van der Waals surface area contributed by atoms with Gasteiger partial charge in [-0.25, -0.2) is 4.98 Å². The van der Waals surface area contributed by atoms with Crippen LogP contribution in [0.4, 0.5) is 0 Å². The summed E-state index contributed by atoms with van der Waals surface area (Å²) in [6.45, 7) is 8.60. The van der Waals surface area contributed by atoms with Gasteiger partial charge in [0.25, 0.3) is 0 Å². The molecule has 1 N–H and O–H groups in total. The lowest BCUT2D eigenvalue weighted by Gasteiger charge is -2.23. The van der Waals surface area contributed by atoms with Gasteiger partial charge in [0, 0.05) is 19.5 Å². The molecule has 1 aromatic rings. The molecule has 15 heavy (non-hydrogen) atoms. The molecule has 4 heteroatoms. The Kier molecular flexibility index (Phi) is 4.27. The number of hydrogen-bond donors (Lipinski definition) is 1. The van der Waals surface area contributed by atoms with Crippen molar-refractivity contribution in [3.05, 3.63) is 12.2 Å². The van der Waals surface area contributed by atoms with E-state index in [1.54, 1.807) is 6.33 Å². The zero-order valence-electron chi connectivity index (χ0n) is 10.2. The van der Waals surface area contributed by atoms with Gasteiger partial charge in [-0.15, -0.1) is 0 Å². The van der Waals surface area contributed by atoms with Gasteiger partial charge < -0.3 is 5.32 Å². The minimum atomic E-state index is 0.229. The minimum absolute atomic E-state index is 0.229. The summed E-state index contributed by atoms with van der Waals surface area (Å²) in [6, 6.07) is 0. The summed E-state index contributed by atoms with van der Waals surface area (Å²) in [6.07, 6.45) is 3.72. The second kappa shape index (κ2) is 5.26. The van der Waals surface area contributed by atoms with E-state index in [0.29, 0.717) is 0 Å². The SMILES string of the molecule is CCCn1ncnc1CC(C)(C)CNC. The lowest BCUT2D eigenvalue weighted by molar-refractivity contribution is 0.333. The van der Waals surface area contributed by atoms with E-state index < -0.39 is 0 Å². The molecule has 86 valence electrons. The average Bonchev–Trinajstić information content (AvgIpc) is 2.52. The van der Waals surface area contributed by atoms with Gasteiger partial charge in [0.2, 0.25) is 0 Å². The van der Waals surface area contributed by atoms with E-state index >= 15 is 0 Å². The number of nitrogens with one attached hydrogen (secondary N) is 1. The molecule has 0 fully saturated rings. The largest absolute Gasteiger partial charge is 0.319 e. The molecule has 0 radical (unpaired) electrons. The summed E-state index contributed by atoms with van der Waals surface area (Å²) >= 11 is 0. The topological polar surface area (TPSA) is 42.7 Å². The van der Waals surface area contributed by atoms with Crippen molar-refractivity contribution in [1.82, 2.24) is 20.1 Å². The smallest absolute Gasteiger partial charge is 0.138 e. The highest BCUT2D eigenvalue weighted by Crippen LogP contribution is 2.19. The summed E-state index contributed by atoms with van der Waals surface area (Å²) in [5.74, 6) is 1.09. The molecule has 0 aliphatic rings. The Labute approximate surface area is 92.1 Å². The molecule has 0 bridgehead atoms. The lowest BCUT2D eigenvalue weighted by Crippen LogP contribution is -2.30. The minimum Gasteiger partial charge on any atom is -0.319 e. The molecule has 0 atom stereocenters. The highest BCUT2D eigenvalue weighted by molar-refractivity contribution is 4.91. The van der Waals surface area contributed by atoms with Crippen LogP contribution in [-0.2, 0) is 13.0 Å². The van der Waals surface area contributed by atoms with Gasteiger partial charge in [0.15, 0.2) is 0 Å². The van der Waals surface area contributed by atoms with Crippen LogP contribution >= 0.6 is 0 Å². The van der Waals surface area contributed by atoms with E-state index in [4.69, 9.17) is 0 Å². The zero-order chi connectivity index (χ0) is 11.3. The van der Waals surface area contributed by atoms with Crippen LogP contribution in [0.3, 0.4) is 0 Å². The van der Waals surface area contributed by atoms with Crippen molar-refractivity contribution in [1.29, 1.82) is 0 Å². The molecule has 1 aromatic heterocycles. The Bertz CT molecular complexity index is 291. The predicted molar refractivity (Wildman–Crippen MR) is 61.7 cm³/mol. The molecule has 0 spiro atoms. The highest BCUT2D eigenvalue weighted by atomic mass is 15.3. The molecule has 0 amide bonds. The summed E-state index contributed by atoms with van der Waals surface area (Å²) in [5, 5.41) is 7.45. The fraction of sp³-hybridized carbons (Fsp3) is 0.818. The number of aryl methyl sites for hydroxylation is 1. The van der Waals surface area contributed by atoms with Gasteiger partial charge in [0.1, 0.15) is 12.2 Å². The first-order valence-corrected chi connectivity index (χ1v) is 5.60. The van der Waals surface area contributed by atoms with Gasteiger partial charge in [0.05, 0.1) is 0 Å². The third-order valence-corrected chi connectivity index (χ3v) is 2.42. The molecule has 0 unspecified atom stereocenters. The maximum atomic E-state index is 4.33. The first kappa shape index (κ1) is 12.2. The Morgan fingerprint density at radius 2 is 2.20 bits per heavy atom. The molecule has 0 saturated heterocycles. The summed E-state index contributed by atoms with van der Waals surface area (Å²) in [7, 11) is 1.98. The fourth-order valence-electron chi connectivity index (χ4n) is 1.79. The van der Waals surface area contributed by atoms with Crippen molar-refractivity contribution < 1.29 is 0 Å². The van der Waals surface area contributed by atoms with E-state index in [-0.39, 0.29) is 5.41 Å². The van der Waals surface area contributed by atoms with E-state index in [1.807, 2.05) is 11.7 Å². The van der Waals surface area contributed by atoms with Crippen LogP contribution in [-0.4, -0.2) is 28.4 Å². The van der Waals surface area contributed by atoms with Crippen LogP contribution in [0.15, 0.2) is 6.33 Å². The first-order valence-electron chi connectivity index (χ1n) is 5.60. The van der Waals surface area contributed by atoms with Gasteiger partial charge in [-0.1, -0.05) is 20.8 Å². The van der Waals surface area contributed by atoms with Gasteiger partial charge in [-0.3, -0.25) is 4.68 Å². The molecular weight excluding hydrogens is 188 g/mol. The normalized spacial score (nSPS) is 12.0. The molecule has 0 aliphatic carbocycles. The van der Waals surface area contributed by atoms with Gasteiger partial charge in [-0.2, -0.15) is 5.10 Å². The third-order valence-electron chi connectivity index (χ3n) is 2.42. The standard InChI is InChI=1S/C11H22N4/c1-5-6-15-10(13-9-14-15)7-11(2,3)8-12-4/h9,12H,5-8H2,1-4H3. The molecule has 0 aliphatic heterocycles. The van der Waals surface area contributed by atoms with Crippen LogP contribution < -0.4 is 5.32 Å². The second-order valence-electron chi connectivity index (χ2n) is 4.77. The zero-order valence-corrected chi connectivity index (χ0v) is 10.2. The van der Waals surface area contributed by atoms with Gasteiger partial charge >= 0.3 is 0 Å². The van der Waals surface area contributed by atoms with Crippen molar-refractivity contribution in [2.75, 3.05) is 13.6 Å². The van der Waals surface area contributed by atoms with E-state index in [1.165, 1.54) is 0 Å². The summed E-state index contributed by atoms with van der Waals surface area (Å²) in [5.41, 5.74) is 0.229. The van der Waals surface area contributed by atoms with Crippen LogP contribution in [0, 0.1) is 5.41 Å². The molecule has 0 aromatic carbocycles. The Morgan fingerprint density at radius 1 is 1.47 bits per heavy atom. The van der Waals surface area contributed by atoms with Crippen molar-refractivity contribution in [3.63, 3.8) is 0 Å². The Morgan fingerprint density at radius 3 is 2.80 bits per heavy atom. The average molecular weight is 210 g/mol. The number of aromatic nitrogens is 3. The van der Waals surface area contributed by atoms with Crippen molar-refractivity contribution in [2.24, 2.45) is 5.41 Å². The Balaban J connectivity index is 2.66. The van der Waals surface area contributed by atoms with Crippen molar-refractivity contribution >= 4 is 0 Å². The molecule has 1 heterocycles. The molecule has 1 rings (SSSR count). The maximum Gasteiger partial charge on any atom is 0.138 e. The van der Waals surface area contributed by atoms with Crippen LogP contribution in [0.25, 0.3) is 0 Å². The number of nitrogens with zero attached hydrogens (tertiary/aromatic N) is 3. The van der Waals surface area contributed by atoms with Crippen LogP contribution in [0.5, 0.6) is 0 Å². The maximum absolute atomic E-state index is 4.33.